The first-order valence-corrected chi connectivity index (χ1v) is 4.65. The van der Waals surface area contributed by atoms with Gasteiger partial charge in [-0.05, 0) is 25.2 Å². The van der Waals surface area contributed by atoms with Crippen LogP contribution in [0.2, 0.25) is 0 Å². The molecule has 2 aromatic rings. The van der Waals surface area contributed by atoms with Gasteiger partial charge in [0, 0.05) is 12.7 Å². The summed E-state index contributed by atoms with van der Waals surface area (Å²) >= 11 is 0. The highest BCUT2D eigenvalue weighted by Crippen LogP contribution is 2.06. The number of aromatic nitrogens is 2. The Morgan fingerprint density at radius 2 is 1.93 bits per heavy atom. The lowest BCUT2D eigenvalue weighted by molar-refractivity contribution is 0.757. The van der Waals surface area contributed by atoms with Crippen molar-refractivity contribution in [2.45, 2.75) is 6.54 Å². The SMILES string of the molecule is CNCc1ccn(-c2ccccc2)n1.Cl. The van der Waals surface area contributed by atoms with Crippen LogP contribution >= 0.6 is 12.4 Å². The predicted octanol–water partition coefficient (Wildman–Crippen LogP) is 2.01. The molecule has 0 spiro atoms. The van der Waals surface area contributed by atoms with E-state index in [2.05, 4.69) is 10.4 Å². The molecule has 1 aromatic carbocycles. The van der Waals surface area contributed by atoms with Crippen LogP contribution in [0.5, 0.6) is 0 Å². The molecule has 0 fully saturated rings. The van der Waals surface area contributed by atoms with Gasteiger partial charge in [0.25, 0.3) is 0 Å². The molecule has 1 aromatic heterocycles. The van der Waals surface area contributed by atoms with Crippen molar-refractivity contribution in [1.29, 1.82) is 0 Å². The average molecular weight is 224 g/mol. The molecular formula is C11H14ClN3. The summed E-state index contributed by atoms with van der Waals surface area (Å²) in [6, 6.07) is 12.1. The van der Waals surface area contributed by atoms with Crippen molar-refractivity contribution in [1.82, 2.24) is 15.1 Å². The number of nitrogens with zero attached hydrogens (tertiary/aromatic N) is 2. The zero-order chi connectivity index (χ0) is 9.80. The van der Waals surface area contributed by atoms with Crippen LogP contribution < -0.4 is 5.32 Å². The number of hydrogen-bond donors (Lipinski definition) is 1. The van der Waals surface area contributed by atoms with Gasteiger partial charge in [-0.3, -0.25) is 0 Å². The van der Waals surface area contributed by atoms with E-state index in [9.17, 15) is 0 Å². The number of halogens is 1. The van der Waals surface area contributed by atoms with Gasteiger partial charge in [-0.15, -0.1) is 12.4 Å². The van der Waals surface area contributed by atoms with Crippen LogP contribution in [-0.4, -0.2) is 16.8 Å². The zero-order valence-electron chi connectivity index (χ0n) is 8.55. The maximum Gasteiger partial charge on any atom is 0.0766 e. The summed E-state index contributed by atoms with van der Waals surface area (Å²) in [5, 5.41) is 7.50. The van der Waals surface area contributed by atoms with Gasteiger partial charge in [-0.1, -0.05) is 18.2 Å². The molecule has 0 unspecified atom stereocenters. The number of hydrogen-bond acceptors (Lipinski definition) is 2. The third-order valence-electron chi connectivity index (χ3n) is 2.02. The largest absolute Gasteiger partial charge is 0.314 e. The molecule has 1 heterocycles. The second-order valence-electron chi connectivity index (χ2n) is 3.12. The van der Waals surface area contributed by atoms with Crippen molar-refractivity contribution in [3.05, 3.63) is 48.3 Å². The van der Waals surface area contributed by atoms with E-state index in [1.807, 2.05) is 54.3 Å². The number of rotatable bonds is 3. The molecule has 0 aliphatic carbocycles. The number of para-hydroxylation sites is 1. The minimum absolute atomic E-state index is 0. The zero-order valence-corrected chi connectivity index (χ0v) is 9.37. The summed E-state index contributed by atoms with van der Waals surface area (Å²) in [7, 11) is 1.92. The maximum atomic E-state index is 4.42. The Morgan fingerprint density at radius 1 is 1.20 bits per heavy atom. The molecule has 0 bridgehead atoms. The lowest BCUT2D eigenvalue weighted by atomic mass is 10.3. The lowest BCUT2D eigenvalue weighted by Gasteiger charge is -1.99. The second kappa shape index (κ2) is 5.53. The summed E-state index contributed by atoms with van der Waals surface area (Å²) in [5.41, 5.74) is 2.14. The van der Waals surface area contributed by atoms with E-state index in [4.69, 9.17) is 0 Å². The van der Waals surface area contributed by atoms with Crippen molar-refractivity contribution < 1.29 is 0 Å². The maximum absolute atomic E-state index is 4.42. The average Bonchev–Trinajstić information content (AvgIpc) is 2.68. The van der Waals surface area contributed by atoms with Crippen LogP contribution in [0, 0.1) is 0 Å². The van der Waals surface area contributed by atoms with Gasteiger partial charge in [-0.25, -0.2) is 4.68 Å². The van der Waals surface area contributed by atoms with Crippen LogP contribution in [-0.2, 0) is 6.54 Å². The number of nitrogens with one attached hydrogen (secondary N) is 1. The normalized spacial score (nSPS) is 9.67. The molecule has 15 heavy (non-hydrogen) atoms. The van der Waals surface area contributed by atoms with Gasteiger partial charge in [0.2, 0.25) is 0 Å². The third-order valence-corrected chi connectivity index (χ3v) is 2.02. The van der Waals surface area contributed by atoms with Crippen LogP contribution in [0.1, 0.15) is 5.69 Å². The summed E-state index contributed by atoms with van der Waals surface area (Å²) < 4.78 is 1.88. The van der Waals surface area contributed by atoms with Crippen molar-refractivity contribution in [2.24, 2.45) is 0 Å². The second-order valence-corrected chi connectivity index (χ2v) is 3.12. The quantitative estimate of drug-likeness (QED) is 0.863. The molecule has 0 aliphatic heterocycles. The Labute approximate surface area is 95.5 Å². The van der Waals surface area contributed by atoms with Gasteiger partial charge in [-0.2, -0.15) is 5.10 Å². The first-order chi connectivity index (χ1) is 6.90. The van der Waals surface area contributed by atoms with Crippen molar-refractivity contribution in [3.63, 3.8) is 0 Å². The highest BCUT2D eigenvalue weighted by Gasteiger charge is 1.98. The summed E-state index contributed by atoms with van der Waals surface area (Å²) in [4.78, 5) is 0. The van der Waals surface area contributed by atoms with Gasteiger partial charge >= 0.3 is 0 Å². The fraction of sp³-hybridized carbons (Fsp3) is 0.182. The molecule has 0 saturated carbocycles. The molecule has 0 aliphatic rings. The molecule has 1 N–H and O–H groups in total. The van der Waals surface area contributed by atoms with Crippen molar-refractivity contribution >= 4 is 12.4 Å². The molecule has 0 radical (unpaired) electrons. The van der Waals surface area contributed by atoms with Gasteiger partial charge in [0.15, 0.2) is 0 Å². The molecular weight excluding hydrogens is 210 g/mol. The predicted molar refractivity (Wildman–Crippen MR) is 63.6 cm³/mol. The standard InChI is InChI=1S/C11H13N3.ClH/c1-12-9-10-7-8-14(13-10)11-5-3-2-4-6-11;/h2-8,12H,9H2,1H3;1H. The molecule has 2 rings (SSSR count). The van der Waals surface area contributed by atoms with Crippen LogP contribution in [0.4, 0.5) is 0 Å². The Morgan fingerprint density at radius 3 is 2.60 bits per heavy atom. The van der Waals surface area contributed by atoms with E-state index >= 15 is 0 Å². The molecule has 0 amide bonds. The Hall–Kier alpha value is -1.32. The van der Waals surface area contributed by atoms with E-state index in [-0.39, 0.29) is 12.4 Å². The molecule has 3 nitrogen and oxygen atoms in total. The summed E-state index contributed by atoms with van der Waals surface area (Å²) in [6.45, 7) is 0.805. The first kappa shape index (κ1) is 11.8. The van der Waals surface area contributed by atoms with Gasteiger partial charge in [0.1, 0.15) is 0 Å². The molecule has 0 atom stereocenters. The van der Waals surface area contributed by atoms with E-state index < -0.39 is 0 Å². The van der Waals surface area contributed by atoms with E-state index in [1.54, 1.807) is 0 Å². The fourth-order valence-corrected chi connectivity index (χ4v) is 1.36. The van der Waals surface area contributed by atoms with Crippen LogP contribution in [0.3, 0.4) is 0 Å². The lowest BCUT2D eigenvalue weighted by Crippen LogP contribution is -2.06. The minimum Gasteiger partial charge on any atom is -0.314 e. The van der Waals surface area contributed by atoms with Crippen LogP contribution in [0.15, 0.2) is 42.6 Å². The highest BCUT2D eigenvalue weighted by molar-refractivity contribution is 5.85. The third kappa shape index (κ3) is 2.81. The van der Waals surface area contributed by atoms with Crippen molar-refractivity contribution in [2.75, 3.05) is 7.05 Å². The van der Waals surface area contributed by atoms with Crippen molar-refractivity contribution in [3.8, 4) is 5.69 Å². The molecule has 4 heteroatoms. The Bertz CT molecular complexity index is 397. The Kier molecular flexibility index (Phi) is 4.34. The summed E-state index contributed by atoms with van der Waals surface area (Å²) in [6.07, 6.45) is 1.97. The highest BCUT2D eigenvalue weighted by atomic mass is 35.5. The molecule has 80 valence electrons. The van der Waals surface area contributed by atoms with Gasteiger partial charge in [0.05, 0.1) is 11.4 Å². The number of benzene rings is 1. The van der Waals surface area contributed by atoms with E-state index in [0.29, 0.717) is 0 Å². The van der Waals surface area contributed by atoms with Crippen LogP contribution in [0.25, 0.3) is 5.69 Å². The monoisotopic (exact) mass is 223 g/mol. The fourth-order valence-electron chi connectivity index (χ4n) is 1.36. The smallest absolute Gasteiger partial charge is 0.0766 e. The minimum atomic E-state index is 0. The molecule has 0 saturated heterocycles. The first-order valence-electron chi connectivity index (χ1n) is 4.65. The van der Waals surface area contributed by atoms with Gasteiger partial charge < -0.3 is 5.32 Å². The van der Waals surface area contributed by atoms with E-state index in [0.717, 1.165) is 17.9 Å². The van der Waals surface area contributed by atoms with E-state index in [1.165, 1.54) is 0 Å². The Balaban J connectivity index is 0.00000112. The summed E-state index contributed by atoms with van der Waals surface area (Å²) in [5.74, 6) is 0. The topological polar surface area (TPSA) is 29.9 Å².